The lowest BCUT2D eigenvalue weighted by molar-refractivity contribution is -0.293. The summed E-state index contributed by atoms with van der Waals surface area (Å²) in [6, 6.07) is 9.60. The van der Waals surface area contributed by atoms with Crippen molar-refractivity contribution in [3.8, 4) is 0 Å². The number of amides is 1. The summed E-state index contributed by atoms with van der Waals surface area (Å²) in [5.41, 5.74) is 6.43. The number of carbonyl (C=O) groups excluding carboxylic acids is 4. The highest BCUT2D eigenvalue weighted by Gasteiger charge is 2.51. The third-order valence-electron chi connectivity index (χ3n) is 5.88. The third kappa shape index (κ3) is 13.7. The van der Waals surface area contributed by atoms with E-state index in [1.54, 1.807) is 0 Å². The molecule has 1 aromatic carbocycles. The van der Waals surface area contributed by atoms with Crippen molar-refractivity contribution in [3.63, 3.8) is 0 Å². The lowest BCUT2D eigenvalue weighted by Crippen LogP contribution is -2.60. The number of ether oxygens (including phenoxy) is 8. The van der Waals surface area contributed by atoms with Gasteiger partial charge in [0.1, 0.15) is 24.9 Å². The lowest BCUT2D eigenvalue weighted by Gasteiger charge is -2.44. The molecule has 236 valence electrons. The molecule has 1 aromatic rings. The SMILES string of the molecule is CC(=O)OC[C@H]1O[C@@H](OCCOCCOC[C@H](O)COCc2ccccc2)[C@H](CC(N)=O)[C@@H](OC(C)=O)[C@H]1OC(C)=O. The van der Waals surface area contributed by atoms with Crippen molar-refractivity contribution >= 4 is 23.8 Å². The summed E-state index contributed by atoms with van der Waals surface area (Å²) in [5.74, 6) is -3.67. The highest BCUT2D eigenvalue weighted by molar-refractivity contribution is 5.74. The van der Waals surface area contributed by atoms with Crippen LogP contribution in [0.4, 0.5) is 0 Å². The molecule has 1 amide bonds. The predicted molar refractivity (Wildman–Crippen MR) is 143 cm³/mol. The summed E-state index contributed by atoms with van der Waals surface area (Å²) in [6.07, 6.45) is -5.66. The molecule has 0 saturated carbocycles. The van der Waals surface area contributed by atoms with Crippen LogP contribution < -0.4 is 5.73 Å². The first-order valence-corrected chi connectivity index (χ1v) is 13.5. The summed E-state index contributed by atoms with van der Waals surface area (Å²) in [6.45, 7) is 4.29. The molecule has 0 radical (unpaired) electrons. The van der Waals surface area contributed by atoms with Gasteiger partial charge in [-0.05, 0) is 5.56 Å². The van der Waals surface area contributed by atoms with Crippen LogP contribution in [-0.2, 0) is 63.7 Å². The molecular weight excluding hydrogens is 558 g/mol. The van der Waals surface area contributed by atoms with Crippen LogP contribution in [0.25, 0.3) is 0 Å². The van der Waals surface area contributed by atoms with E-state index in [0.29, 0.717) is 6.61 Å². The largest absolute Gasteiger partial charge is 0.463 e. The minimum absolute atomic E-state index is 0.00118. The number of hydrogen-bond acceptors (Lipinski definition) is 13. The van der Waals surface area contributed by atoms with Crippen molar-refractivity contribution in [3.05, 3.63) is 35.9 Å². The summed E-state index contributed by atoms with van der Waals surface area (Å²) < 4.78 is 43.9. The molecule has 2 rings (SSSR count). The Morgan fingerprint density at radius 1 is 0.857 bits per heavy atom. The van der Waals surface area contributed by atoms with E-state index in [9.17, 15) is 24.3 Å². The Kier molecular flexibility index (Phi) is 16.0. The Labute approximate surface area is 244 Å². The van der Waals surface area contributed by atoms with Crippen LogP contribution in [0.2, 0.25) is 0 Å². The van der Waals surface area contributed by atoms with Crippen molar-refractivity contribution in [1.29, 1.82) is 0 Å². The number of benzene rings is 1. The molecule has 0 aliphatic carbocycles. The van der Waals surface area contributed by atoms with Gasteiger partial charge in [0.15, 0.2) is 12.4 Å². The van der Waals surface area contributed by atoms with E-state index in [0.717, 1.165) is 19.4 Å². The Balaban J connectivity index is 1.82. The molecule has 14 nitrogen and oxygen atoms in total. The monoisotopic (exact) mass is 599 g/mol. The number of carbonyl (C=O) groups is 4. The highest BCUT2D eigenvalue weighted by atomic mass is 16.7. The van der Waals surface area contributed by atoms with Gasteiger partial charge in [0.25, 0.3) is 0 Å². The number of esters is 3. The van der Waals surface area contributed by atoms with Gasteiger partial charge in [0, 0.05) is 27.2 Å². The van der Waals surface area contributed by atoms with Crippen LogP contribution in [0.5, 0.6) is 0 Å². The molecule has 0 spiro atoms. The number of rotatable bonds is 19. The maximum atomic E-state index is 11.9. The van der Waals surface area contributed by atoms with Crippen molar-refractivity contribution < 1.29 is 62.2 Å². The molecule has 1 aliphatic heterocycles. The summed E-state index contributed by atoms with van der Waals surface area (Å²) in [4.78, 5) is 46.9. The zero-order valence-corrected chi connectivity index (χ0v) is 24.1. The average Bonchev–Trinajstić information content (AvgIpc) is 2.92. The molecule has 0 unspecified atom stereocenters. The second-order valence-corrected chi connectivity index (χ2v) is 9.54. The topological polar surface area (TPSA) is 188 Å². The predicted octanol–water partition coefficient (Wildman–Crippen LogP) is 0.257. The van der Waals surface area contributed by atoms with Gasteiger partial charge in [-0.15, -0.1) is 0 Å². The summed E-state index contributed by atoms with van der Waals surface area (Å²) in [5, 5.41) is 9.99. The Morgan fingerprint density at radius 3 is 2.12 bits per heavy atom. The first-order valence-electron chi connectivity index (χ1n) is 13.5. The van der Waals surface area contributed by atoms with Crippen LogP contribution in [0, 0.1) is 5.92 Å². The molecule has 3 N–H and O–H groups in total. The number of aliphatic hydroxyl groups is 1. The van der Waals surface area contributed by atoms with Gasteiger partial charge in [0.2, 0.25) is 5.91 Å². The smallest absolute Gasteiger partial charge is 0.303 e. The molecular formula is C28H41NO13. The van der Waals surface area contributed by atoms with Gasteiger partial charge in [-0.2, -0.15) is 0 Å². The normalized spacial score (nSPS) is 22.6. The quantitative estimate of drug-likeness (QED) is 0.125. The zero-order valence-electron chi connectivity index (χ0n) is 24.1. The number of hydrogen-bond donors (Lipinski definition) is 2. The van der Waals surface area contributed by atoms with Crippen LogP contribution in [0.3, 0.4) is 0 Å². The second-order valence-electron chi connectivity index (χ2n) is 9.54. The van der Waals surface area contributed by atoms with Crippen molar-refractivity contribution in [2.24, 2.45) is 11.7 Å². The Hall–Kier alpha value is -3.14. The van der Waals surface area contributed by atoms with Gasteiger partial charge < -0.3 is 48.7 Å². The van der Waals surface area contributed by atoms with E-state index in [1.165, 1.54) is 6.92 Å². The lowest BCUT2D eigenvalue weighted by atomic mass is 9.87. The maximum absolute atomic E-state index is 11.9. The fourth-order valence-electron chi connectivity index (χ4n) is 4.18. The molecule has 0 bridgehead atoms. The number of nitrogens with two attached hydrogens (primary N) is 1. The van der Waals surface area contributed by atoms with Crippen molar-refractivity contribution in [2.45, 2.75) is 64.5 Å². The van der Waals surface area contributed by atoms with Gasteiger partial charge in [-0.25, -0.2) is 0 Å². The summed E-state index contributed by atoms with van der Waals surface area (Å²) in [7, 11) is 0. The minimum Gasteiger partial charge on any atom is -0.463 e. The van der Waals surface area contributed by atoms with Crippen molar-refractivity contribution in [2.75, 3.05) is 46.2 Å². The Bertz CT molecular complexity index is 976. The molecule has 42 heavy (non-hydrogen) atoms. The van der Waals surface area contributed by atoms with Crippen LogP contribution >= 0.6 is 0 Å². The first-order chi connectivity index (χ1) is 20.1. The fourth-order valence-corrected chi connectivity index (χ4v) is 4.18. The molecule has 6 atom stereocenters. The van der Waals surface area contributed by atoms with E-state index in [2.05, 4.69) is 0 Å². The number of aliphatic hydroxyl groups excluding tert-OH is 1. The van der Waals surface area contributed by atoms with Crippen LogP contribution in [0.1, 0.15) is 32.8 Å². The van der Waals surface area contributed by atoms with Gasteiger partial charge in [-0.3, -0.25) is 19.2 Å². The van der Waals surface area contributed by atoms with Crippen LogP contribution in [0.15, 0.2) is 30.3 Å². The fraction of sp³-hybridized carbons (Fsp3) is 0.643. The average molecular weight is 600 g/mol. The molecule has 1 saturated heterocycles. The Morgan fingerprint density at radius 2 is 1.48 bits per heavy atom. The zero-order chi connectivity index (χ0) is 30.9. The van der Waals surface area contributed by atoms with Crippen LogP contribution in [-0.4, -0.2) is 106 Å². The minimum atomic E-state index is -1.19. The standard InChI is InChI=1S/C28H41NO13/c1-18(30)39-17-24-27(41-20(3)32)26(40-19(2)31)23(13-25(29)34)28(42-24)38-12-11-35-9-10-36-15-22(33)16-37-14-21-7-5-4-6-8-21/h4-8,22-24,26-28,33H,9-17H2,1-3H3,(H2,29,34)/t22-,23+,24+,26+,27-,28+/m0/s1. The number of primary amides is 1. The maximum Gasteiger partial charge on any atom is 0.303 e. The first kappa shape index (κ1) is 35.1. The van der Waals surface area contributed by atoms with E-state index < -0.39 is 60.4 Å². The van der Waals surface area contributed by atoms with Gasteiger partial charge >= 0.3 is 17.9 Å². The molecule has 1 heterocycles. The van der Waals surface area contributed by atoms with Gasteiger partial charge in [-0.1, -0.05) is 30.3 Å². The van der Waals surface area contributed by atoms with Crippen molar-refractivity contribution in [1.82, 2.24) is 0 Å². The molecule has 14 heteroatoms. The second kappa shape index (κ2) is 19.1. The van der Waals surface area contributed by atoms with E-state index in [4.69, 9.17) is 43.6 Å². The van der Waals surface area contributed by atoms with Gasteiger partial charge in [0.05, 0.1) is 52.2 Å². The molecule has 0 aromatic heterocycles. The molecule has 1 aliphatic rings. The van der Waals surface area contributed by atoms with E-state index in [1.807, 2.05) is 30.3 Å². The van der Waals surface area contributed by atoms with E-state index in [-0.39, 0.29) is 52.7 Å². The highest BCUT2D eigenvalue weighted by Crippen LogP contribution is 2.34. The molecule has 1 fully saturated rings. The summed E-state index contributed by atoms with van der Waals surface area (Å²) >= 11 is 0. The third-order valence-corrected chi connectivity index (χ3v) is 5.88. The van der Waals surface area contributed by atoms with E-state index >= 15 is 0 Å².